The van der Waals surface area contributed by atoms with Gasteiger partial charge in [0, 0.05) is 16.0 Å². The maximum atomic E-state index is 12.2. The predicted octanol–water partition coefficient (Wildman–Crippen LogP) is 2.37. The van der Waals surface area contributed by atoms with E-state index >= 15 is 0 Å². The lowest BCUT2D eigenvalue weighted by Gasteiger charge is -2.09. The van der Waals surface area contributed by atoms with E-state index in [2.05, 4.69) is 15.9 Å². The van der Waals surface area contributed by atoms with Gasteiger partial charge in [-0.15, -0.1) is 0 Å². The van der Waals surface area contributed by atoms with Crippen LogP contribution in [0, 0.1) is 12.8 Å². The maximum absolute atomic E-state index is 12.2. The number of ketones is 1. The van der Waals surface area contributed by atoms with Gasteiger partial charge in [0.15, 0.2) is 15.6 Å². The molecule has 0 bridgehead atoms. The van der Waals surface area contributed by atoms with Gasteiger partial charge >= 0.3 is 0 Å². The highest BCUT2D eigenvalue weighted by Crippen LogP contribution is 2.27. The SMILES string of the molecule is Cc1ccc(C(=O)C2CCS(=O)(=O)C2)c(Br)c1. The molecule has 3 nitrogen and oxygen atoms in total. The molecular weight excluding hydrogens is 304 g/mol. The summed E-state index contributed by atoms with van der Waals surface area (Å²) in [4.78, 5) is 12.2. The molecule has 0 amide bonds. The van der Waals surface area contributed by atoms with Crippen molar-refractivity contribution in [2.24, 2.45) is 5.92 Å². The van der Waals surface area contributed by atoms with E-state index in [1.165, 1.54) is 0 Å². The lowest BCUT2D eigenvalue weighted by molar-refractivity contribution is 0.0932. The van der Waals surface area contributed by atoms with E-state index < -0.39 is 9.84 Å². The van der Waals surface area contributed by atoms with E-state index in [4.69, 9.17) is 0 Å². The first-order chi connectivity index (χ1) is 7.89. The second kappa shape index (κ2) is 4.53. The number of halogens is 1. The number of carbonyl (C=O) groups excluding carboxylic acids is 1. The highest BCUT2D eigenvalue weighted by atomic mass is 79.9. The van der Waals surface area contributed by atoms with E-state index in [1.54, 1.807) is 6.07 Å². The highest BCUT2D eigenvalue weighted by Gasteiger charge is 2.33. The molecule has 17 heavy (non-hydrogen) atoms. The second-order valence-electron chi connectivity index (χ2n) is 4.45. The molecule has 1 aromatic rings. The first-order valence-electron chi connectivity index (χ1n) is 5.40. The Balaban J connectivity index is 2.27. The quantitative estimate of drug-likeness (QED) is 0.787. The average molecular weight is 317 g/mol. The molecule has 1 unspecified atom stereocenters. The summed E-state index contributed by atoms with van der Waals surface area (Å²) >= 11 is 3.35. The van der Waals surface area contributed by atoms with Crippen LogP contribution in [0.15, 0.2) is 22.7 Å². The standard InChI is InChI=1S/C12H13BrO3S/c1-8-2-3-10(11(13)6-8)12(14)9-4-5-17(15,16)7-9/h2-3,6,9H,4-5,7H2,1H3. The summed E-state index contributed by atoms with van der Waals surface area (Å²) in [5, 5.41) is 0. The molecule has 0 aliphatic carbocycles. The van der Waals surface area contributed by atoms with Crippen molar-refractivity contribution >= 4 is 31.6 Å². The minimum Gasteiger partial charge on any atom is -0.294 e. The molecular formula is C12H13BrO3S. The summed E-state index contributed by atoms with van der Waals surface area (Å²) in [7, 11) is -3.01. The number of carbonyl (C=O) groups is 1. The van der Waals surface area contributed by atoms with Gasteiger partial charge in [-0.05, 0) is 31.0 Å². The Bertz CT molecular complexity index is 563. The molecule has 0 radical (unpaired) electrons. The van der Waals surface area contributed by atoms with Crippen molar-refractivity contribution in [3.05, 3.63) is 33.8 Å². The Morgan fingerprint density at radius 1 is 1.41 bits per heavy atom. The molecule has 92 valence electrons. The number of aryl methyl sites for hydroxylation is 1. The highest BCUT2D eigenvalue weighted by molar-refractivity contribution is 9.10. The molecule has 0 spiro atoms. The third-order valence-electron chi connectivity index (χ3n) is 2.99. The molecule has 1 fully saturated rings. The van der Waals surface area contributed by atoms with Gasteiger partial charge in [0.1, 0.15) is 0 Å². The number of hydrogen-bond acceptors (Lipinski definition) is 3. The Kier molecular flexibility index (Phi) is 3.41. The van der Waals surface area contributed by atoms with Crippen LogP contribution in [0.2, 0.25) is 0 Å². The van der Waals surface area contributed by atoms with Gasteiger partial charge in [0.25, 0.3) is 0 Å². The predicted molar refractivity (Wildman–Crippen MR) is 70.0 cm³/mol. The summed E-state index contributed by atoms with van der Waals surface area (Å²) in [6.07, 6.45) is 0.446. The Morgan fingerprint density at radius 2 is 2.12 bits per heavy atom. The fourth-order valence-corrected chi connectivity index (χ4v) is 4.47. The Morgan fingerprint density at radius 3 is 2.65 bits per heavy atom. The van der Waals surface area contributed by atoms with Crippen molar-refractivity contribution in [1.82, 2.24) is 0 Å². The van der Waals surface area contributed by atoms with Gasteiger partial charge in [-0.25, -0.2) is 8.42 Å². The first kappa shape index (κ1) is 12.8. The van der Waals surface area contributed by atoms with Crippen LogP contribution in [0.5, 0.6) is 0 Å². The van der Waals surface area contributed by atoms with Crippen LogP contribution in [0.4, 0.5) is 0 Å². The topological polar surface area (TPSA) is 51.2 Å². The normalized spacial score (nSPS) is 22.6. The van der Waals surface area contributed by atoms with Crippen LogP contribution < -0.4 is 0 Å². The molecule has 1 aliphatic rings. The summed E-state index contributed by atoms with van der Waals surface area (Å²) in [6, 6.07) is 5.49. The molecule has 1 saturated heterocycles. The Hall–Kier alpha value is -0.680. The third kappa shape index (κ3) is 2.77. The monoisotopic (exact) mass is 316 g/mol. The molecule has 0 aromatic heterocycles. The van der Waals surface area contributed by atoms with Gasteiger partial charge in [0.2, 0.25) is 0 Å². The van der Waals surface area contributed by atoms with Crippen molar-refractivity contribution in [3.63, 3.8) is 0 Å². The van der Waals surface area contributed by atoms with Crippen molar-refractivity contribution in [2.45, 2.75) is 13.3 Å². The maximum Gasteiger partial charge on any atom is 0.168 e. The number of Topliss-reactive ketones (excluding diaryl/α,β-unsaturated/α-hetero) is 1. The van der Waals surface area contributed by atoms with Crippen molar-refractivity contribution in [2.75, 3.05) is 11.5 Å². The van der Waals surface area contributed by atoms with Crippen LogP contribution in [-0.4, -0.2) is 25.7 Å². The van der Waals surface area contributed by atoms with Gasteiger partial charge < -0.3 is 0 Å². The second-order valence-corrected chi connectivity index (χ2v) is 7.53. The molecule has 0 N–H and O–H groups in total. The molecule has 2 rings (SSSR count). The van der Waals surface area contributed by atoms with Crippen LogP contribution in [0.1, 0.15) is 22.3 Å². The number of rotatable bonds is 2. The number of hydrogen-bond donors (Lipinski definition) is 0. The van der Waals surface area contributed by atoms with Crippen molar-refractivity contribution in [1.29, 1.82) is 0 Å². The Labute approximate surface area is 109 Å². The number of sulfone groups is 1. The first-order valence-corrected chi connectivity index (χ1v) is 8.01. The van der Waals surface area contributed by atoms with Crippen molar-refractivity contribution < 1.29 is 13.2 Å². The van der Waals surface area contributed by atoms with E-state index in [0.29, 0.717) is 12.0 Å². The lowest BCUT2D eigenvalue weighted by Crippen LogP contribution is -2.16. The zero-order valence-electron chi connectivity index (χ0n) is 9.44. The summed E-state index contributed by atoms with van der Waals surface area (Å²) in [5.41, 5.74) is 1.64. The van der Waals surface area contributed by atoms with E-state index in [-0.39, 0.29) is 23.2 Å². The largest absolute Gasteiger partial charge is 0.294 e. The molecule has 5 heteroatoms. The van der Waals surface area contributed by atoms with Gasteiger partial charge in [-0.3, -0.25) is 4.79 Å². The zero-order valence-corrected chi connectivity index (χ0v) is 11.8. The smallest absolute Gasteiger partial charge is 0.168 e. The lowest BCUT2D eigenvalue weighted by atomic mass is 9.97. The molecule has 0 saturated carbocycles. The van der Waals surface area contributed by atoms with Gasteiger partial charge in [-0.1, -0.05) is 22.0 Å². The van der Waals surface area contributed by atoms with E-state index in [9.17, 15) is 13.2 Å². The fraction of sp³-hybridized carbons (Fsp3) is 0.417. The molecule has 1 aromatic carbocycles. The van der Waals surface area contributed by atoms with E-state index in [1.807, 2.05) is 19.1 Å². The summed E-state index contributed by atoms with van der Waals surface area (Å²) in [6.45, 7) is 1.94. The van der Waals surface area contributed by atoms with Crippen molar-refractivity contribution in [3.8, 4) is 0 Å². The molecule has 1 heterocycles. The van der Waals surface area contributed by atoms with Crippen LogP contribution >= 0.6 is 15.9 Å². The van der Waals surface area contributed by atoms with E-state index in [0.717, 1.165) is 10.0 Å². The average Bonchev–Trinajstić information content (AvgIpc) is 2.58. The number of benzene rings is 1. The molecule has 1 atom stereocenters. The van der Waals surface area contributed by atoms with Crippen LogP contribution in [0.25, 0.3) is 0 Å². The molecule has 1 aliphatic heterocycles. The summed E-state index contributed by atoms with van der Waals surface area (Å²) in [5.74, 6) is -0.323. The zero-order chi connectivity index (χ0) is 12.6. The van der Waals surface area contributed by atoms with Gasteiger partial charge in [-0.2, -0.15) is 0 Å². The summed E-state index contributed by atoms with van der Waals surface area (Å²) < 4.78 is 23.4. The fourth-order valence-electron chi connectivity index (χ4n) is 2.04. The van der Waals surface area contributed by atoms with Gasteiger partial charge in [0.05, 0.1) is 11.5 Å². The minimum atomic E-state index is -3.01. The third-order valence-corrected chi connectivity index (χ3v) is 5.42. The van der Waals surface area contributed by atoms with Crippen LogP contribution in [0.3, 0.4) is 0 Å². The van der Waals surface area contributed by atoms with Crippen LogP contribution in [-0.2, 0) is 9.84 Å². The minimum absolute atomic E-state index is 0.00779.